The van der Waals surface area contributed by atoms with Crippen LogP contribution in [0.4, 0.5) is 0 Å². The summed E-state index contributed by atoms with van der Waals surface area (Å²) < 4.78 is 0. The molecule has 0 aromatic heterocycles. The lowest BCUT2D eigenvalue weighted by Gasteiger charge is -2.15. The number of hydrogen-bond donors (Lipinski definition) is 1. The number of nitrogens with two attached hydrogens (primary N) is 1. The second-order valence-electron chi connectivity index (χ2n) is 3.76. The van der Waals surface area contributed by atoms with Gasteiger partial charge in [0, 0.05) is 19.5 Å². The Bertz CT molecular complexity index is 298. The van der Waals surface area contributed by atoms with E-state index in [2.05, 4.69) is 36.2 Å². The van der Waals surface area contributed by atoms with Crippen molar-refractivity contribution in [1.82, 2.24) is 4.90 Å². The van der Waals surface area contributed by atoms with Crippen LogP contribution >= 0.6 is 12.2 Å². The Morgan fingerprint density at radius 3 is 2.53 bits per heavy atom. The molecular weight excluding hydrogens is 204 g/mol. The first kappa shape index (κ1) is 12.1. The zero-order valence-electron chi connectivity index (χ0n) is 9.15. The molecule has 2 nitrogen and oxygen atoms in total. The van der Waals surface area contributed by atoms with Crippen LogP contribution in [0.2, 0.25) is 0 Å². The standard InChI is InChI=1S/C12H18N2S/c1-14(10-8-12(13)15)9-7-11-5-3-2-4-6-11/h2-6H,7-10H2,1H3,(H2,13,15). The lowest BCUT2D eigenvalue weighted by molar-refractivity contribution is 0.349. The van der Waals surface area contributed by atoms with Crippen molar-refractivity contribution in [3.05, 3.63) is 35.9 Å². The molecule has 0 atom stereocenters. The van der Waals surface area contributed by atoms with E-state index in [1.54, 1.807) is 0 Å². The number of hydrogen-bond acceptors (Lipinski definition) is 2. The zero-order valence-corrected chi connectivity index (χ0v) is 9.96. The van der Waals surface area contributed by atoms with Gasteiger partial charge in [-0.15, -0.1) is 0 Å². The lowest BCUT2D eigenvalue weighted by atomic mass is 10.1. The predicted octanol–water partition coefficient (Wildman–Crippen LogP) is 1.84. The first-order valence-electron chi connectivity index (χ1n) is 5.19. The summed E-state index contributed by atoms with van der Waals surface area (Å²) in [6.07, 6.45) is 1.88. The molecule has 0 radical (unpaired) electrons. The average molecular weight is 222 g/mol. The highest BCUT2D eigenvalue weighted by Crippen LogP contribution is 2.00. The molecule has 0 saturated heterocycles. The van der Waals surface area contributed by atoms with E-state index in [-0.39, 0.29) is 0 Å². The number of rotatable bonds is 6. The van der Waals surface area contributed by atoms with Gasteiger partial charge in [-0.1, -0.05) is 42.5 Å². The summed E-state index contributed by atoms with van der Waals surface area (Å²) in [7, 11) is 2.10. The fourth-order valence-corrected chi connectivity index (χ4v) is 1.47. The van der Waals surface area contributed by atoms with Crippen molar-refractivity contribution in [1.29, 1.82) is 0 Å². The number of nitrogens with zero attached hydrogens (tertiary/aromatic N) is 1. The van der Waals surface area contributed by atoms with Gasteiger partial charge in [-0.25, -0.2) is 0 Å². The monoisotopic (exact) mass is 222 g/mol. The van der Waals surface area contributed by atoms with Gasteiger partial charge in [0.15, 0.2) is 0 Å². The minimum absolute atomic E-state index is 0.599. The maximum absolute atomic E-state index is 5.45. The van der Waals surface area contributed by atoms with Crippen molar-refractivity contribution in [3.8, 4) is 0 Å². The highest BCUT2D eigenvalue weighted by Gasteiger charge is 1.99. The third-order valence-electron chi connectivity index (χ3n) is 2.36. The molecule has 1 aromatic carbocycles. The maximum Gasteiger partial charge on any atom is 0.0740 e. The molecule has 1 aromatic rings. The molecule has 2 N–H and O–H groups in total. The minimum atomic E-state index is 0.599. The van der Waals surface area contributed by atoms with E-state index in [0.717, 1.165) is 25.9 Å². The summed E-state index contributed by atoms with van der Waals surface area (Å²) in [5.41, 5.74) is 6.83. The SMILES string of the molecule is CN(CCC(N)=S)CCc1ccccc1. The summed E-state index contributed by atoms with van der Waals surface area (Å²) in [5.74, 6) is 0. The van der Waals surface area contributed by atoms with Crippen LogP contribution in [-0.4, -0.2) is 30.0 Å². The van der Waals surface area contributed by atoms with Crippen LogP contribution in [0.5, 0.6) is 0 Å². The Morgan fingerprint density at radius 2 is 1.93 bits per heavy atom. The molecule has 0 aliphatic rings. The van der Waals surface area contributed by atoms with E-state index in [1.807, 2.05) is 6.07 Å². The number of benzene rings is 1. The Kier molecular flexibility index (Phi) is 5.29. The smallest absolute Gasteiger partial charge is 0.0740 e. The molecule has 0 bridgehead atoms. The van der Waals surface area contributed by atoms with Crippen molar-refractivity contribution < 1.29 is 0 Å². The second kappa shape index (κ2) is 6.53. The van der Waals surface area contributed by atoms with Crippen LogP contribution < -0.4 is 5.73 Å². The van der Waals surface area contributed by atoms with Gasteiger partial charge in [0.2, 0.25) is 0 Å². The van der Waals surface area contributed by atoms with E-state index in [9.17, 15) is 0 Å². The Labute approximate surface area is 97.1 Å². The molecule has 0 aliphatic carbocycles. The van der Waals surface area contributed by atoms with E-state index in [1.165, 1.54) is 5.56 Å². The Balaban J connectivity index is 2.22. The molecule has 0 saturated carbocycles. The first-order chi connectivity index (χ1) is 7.18. The summed E-state index contributed by atoms with van der Waals surface area (Å²) in [4.78, 5) is 2.85. The van der Waals surface area contributed by atoms with Crippen molar-refractivity contribution >= 4 is 17.2 Å². The van der Waals surface area contributed by atoms with Crippen molar-refractivity contribution in [2.45, 2.75) is 12.8 Å². The normalized spacial score (nSPS) is 10.5. The lowest BCUT2D eigenvalue weighted by Crippen LogP contribution is -2.25. The van der Waals surface area contributed by atoms with Crippen LogP contribution in [0, 0.1) is 0 Å². The molecule has 0 fully saturated rings. The van der Waals surface area contributed by atoms with Gasteiger partial charge in [0.05, 0.1) is 4.99 Å². The van der Waals surface area contributed by atoms with Crippen molar-refractivity contribution in [3.63, 3.8) is 0 Å². The first-order valence-corrected chi connectivity index (χ1v) is 5.60. The maximum atomic E-state index is 5.45. The van der Waals surface area contributed by atoms with Crippen molar-refractivity contribution in [2.24, 2.45) is 5.73 Å². The summed E-state index contributed by atoms with van der Waals surface area (Å²) >= 11 is 4.84. The van der Waals surface area contributed by atoms with Gasteiger partial charge >= 0.3 is 0 Å². The third-order valence-corrected chi connectivity index (χ3v) is 2.57. The van der Waals surface area contributed by atoms with Crippen LogP contribution in [-0.2, 0) is 6.42 Å². The highest BCUT2D eigenvalue weighted by atomic mass is 32.1. The number of thiocarbonyl (C=S) groups is 1. The average Bonchev–Trinajstić information content (AvgIpc) is 2.25. The van der Waals surface area contributed by atoms with Gasteiger partial charge in [0.25, 0.3) is 0 Å². The quantitative estimate of drug-likeness (QED) is 0.745. The van der Waals surface area contributed by atoms with Crippen LogP contribution in [0.15, 0.2) is 30.3 Å². The molecule has 15 heavy (non-hydrogen) atoms. The predicted molar refractivity (Wildman–Crippen MR) is 69.0 cm³/mol. The molecule has 0 aliphatic heterocycles. The van der Waals surface area contributed by atoms with Gasteiger partial charge in [-0.05, 0) is 19.0 Å². The highest BCUT2D eigenvalue weighted by molar-refractivity contribution is 7.80. The molecule has 82 valence electrons. The van der Waals surface area contributed by atoms with Gasteiger partial charge in [-0.3, -0.25) is 0 Å². The molecule has 3 heteroatoms. The van der Waals surface area contributed by atoms with Crippen LogP contribution in [0.3, 0.4) is 0 Å². The molecule has 0 amide bonds. The van der Waals surface area contributed by atoms with Gasteiger partial charge in [-0.2, -0.15) is 0 Å². The topological polar surface area (TPSA) is 29.3 Å². The Morgan fingerprint density at radius 1 is 1.27 bits per heavy atom. The van der Waals surface area contributed by atoms with Crippen LogP contribution in [0.25, 0.3) is 0 Å². The largest absolute Gasteiger partial charge is 0.393 e. The fraction of sp³-hybridized carbons (Fsp3) is 0.417. The zero-order chi connectivity index (χ0) is 11.1. The summed E-state index contributed by atoms with van der Waals surface area (Å²) in [6, 6.07) is 10.5. The molecule has 0 spiro atoms. The van der Waals surface area contributed by atoms with E-state index < -0.39 is 0 Å². The molecular formula is C12H18N2S. The molecule has 1 rings (SSSR count). The van der Waals surface area contributed by atoms with E-state index >= 15 is 0 Å². The van der Waals surface area contributed by atoms with E-state index in [0.29, 0.717) is 4.99 Å². The summed E-state index contributed by atoms with van der Waals surface area (Å²) in [6.45, 7) is 1.99. The van der Waals surface area contributed by atoms with E-state index in [4.69, 9.17) is 18.0 Å². The van der Waals surface area contributed by atoms with Crippen molar-refractivity contribution in [2.75, 3.05) is 20.1 Å². The van der Waals surface area contributed by atoms with Crippen LogP contribution in [0.1, 0.15) is 12.0 Å². The fourth-order valence-electron chi connectivity index (χ4n) is 1.38. The minimum Gasteiger partial charge on any atom is -0.393 e. The van der Waals surface area contributed by atoms with Gasteiger partial charge in [0.1, 0.15) is 0 Å². The molecule has 0 unspecified atom stereocenters. The summed E-state index contributed by atoms with van der Waals surface area (Å²) in [5, 5.41) is 0. The molecule has 0 heterocycles. The van der Waals surface area contributed by atoms with Gasteiger partial charge < -0.3 is 10.6 Å². The Hall–Kier alpha value is -0.930. The number of likely N-dealkylation sites (N-methyl/N-ethyl adjacent to an activating group) is 1. The second-order valence-corrected chi connectivity index (χ2v) is 4.28. The third kappa shape index (κ3) is 5.50.